The first-order valence-electron chi connectivity index (χ1n) is 7.12. The van der Waals surface area contributed by atoms with Crippen LogP contribution in [0.15, 0.2) is 53.9 Å². The highest BCUT2D eigenvalue weighted by atomic mass is 32.1. The Balaban J connectivity index is 1.62. The summed E-state index contributed by atoms with van der Waals surface area (Å²) in [5.41, 5.74) is 1.02. The summed E-state index contributed by atoms with van der Waals surface area (Å²) in [4.78, 5) is 26.6. The van der Waals surface area contributed by atoms with Crippen molar-refractivity contribution in [2.24, 2.45) is 0 Å². The summed E-state index contributed by atoms with van der Waals surface area (Å²) in [6.45, 7) is 0.362. The smallest absolute Gasteiger partial charge is 0.251 e. The third-order valence-corrected chi connectivity index (χ3v) is 5.28. The Bertz CT molecular complexity index is 903. The zero-order valence-electron chi connectivity index (χ0n) is 12.5. The highest BCUT2D eigenvalue weighted by molar-refractivity contribution is 7.16. The molecule has 0 atom stereocenters. The van der Waals surface area contributed by atoms with Gasteiger partial charge in [-0.1, -0.05) is 6.07 Å². The van der Waals surface area contributed by atoms with Crippen molar-refractivity contribution in [2.45, 2.75) is 6.54 Å². The van der Waals surface area contributed by atoms with E-state index >= 15 is 0 Å². The van der Waals surface area contributed by atoms with Gasteiger partial charge in [0.05, 0.1) is 27.9 Å². The van der Waals surface area contributed by atoms with Crippen molar-refractivity contribution in [3.05, 3.63) is 79.7 Å². The highest BCUT2D eigenvalue weighted by Gasteiger charge is 2.13. The molecule has 4 nitrogen and oxygen atoms in total. The Kier molecular flexibility index (Phi) is 4.85. The fraction of sp³-hybridized carbons (Fsp3) is 0.0556. The van der Waals surface area contributed by atoms with E-state index < -0.39 is 0 Å². The van der Waals surface area contributed by atoms with Gasteiger partial charge in [0, 0.05) is 10.4 Å². The van der Waals surface area contributed by atoms with Crippen molar-refractivity contribution in [3.63, 3.8) is 0 Å². The molecule has 0 saturated heterocycles. The van der Waals surface area contributed by atoms with Crippen molar-refractivity contribution >= 4 is 34.4 Å². The molecule has 0 aliphatic heterocycles. The SMILES string of the molecule is N#Cc1ccc(C(=O)NCc2ccc(C(=O)c3cccs3)s2)cc1. The number of amides is 1. The number of ketones is 1. The van der Waals surface area contributed by atoms with E-state index in [0.29, 0.717) is 27.4 Å². The standard InChI is InChI=1S/C18H12N2O2S2/c19-10-12-3-5-13(6-4-12)18(22)20-11-14-7-8-16(24-14)17(21)15-2-1-9-23-15/h1-9H,11H2,(H,20,22). The first kappa shape index (κ1) is 16.1. The molecule has 3 rings (SSSR count). The Morgan fingerprint density at radius 1 is 1.04 bits per heavy atom. The largest absolute Gasteiger partial charge is 0.347 e. The monoisotopic (exact) mass is 352 g/mol. The van der Waals surface area contributed by atoms with Gasteiger partial charge in [-0.05, 0) is 47.8 Å². The number of rotatable bonds is 5. The lowest BCUT2D eigenvalue weighted by molar-refractivity contribution is 0.0950. The minimum atomic E-state index is -0.209. The number of nitrogens with one attached hydrogen (secondary N) is 1. The van der Waals surface area contributed by atoms with Gasteiger partial charge in [-0.2, -0.15) is 5.26 Å². The van der Waals surface area contributed by atoms with E-state index in [2.05, 4.69) is 5.32 Å². The van der Waals surface area contributed by atoms with Crippen molar-refractivity contribution in [1.82, 2.24) is 5.32 Å². The van der Waals surface area contributed by atoms with Crippen molar-refractivity contribution in [2.75, 3.05) is 0 Å². The summed E-state index contributed by atoms with van der Waals surface area (Å²) in [5, 5.41) is 13.5. The van der Waals surface area contributed by atoms with Crippen LogP contribution in [0.3, 0.4) is 0 Å². The number of hydrogen-bond acceptors (Lipinski definition) is 5. The fourth-order valence-electron chi connectivity index (χ4n) is 2.09. The minimum absolute atomic E-state index is 0.0136. The first-order valence-corrected chi connectivity index (χ1v) is 8.82. The van der Waals surface area contributed by atoms with Gasteiger partial charge in [0.1, 0.15) is 0 Å². The summed E-state index contributed by atoms with van der Waals surface area (Å²) in [6.07, 6.45) is 0. The zero-order chi connectivity index (χ0) is 16.9. The van der Waals surface area contributed by atoms with Crippen molar-refractivity contribution in [1.29, 1.82) is 5.26 Å². The maximum atomic E-state index is 12.2. The third kappa shape index (κ3) is 3.59. The van der Waals surface area contributed by atoms with Gasteiger partial charge in [0.25, 0.3) is 5.91 Å². The first-order chi connectivity index (χ1) is 11.7. The molecular formula is C18H12N2O2S2. The summed E-state index contributed by atoms with van der Waals surface area (Å²) >= 11 is 2.80. The number of hydrogen-bond donors (Lipinski definition) is 1. The number of thiophene rings is 2. The van der Waals surface area contributed by atoms with Crippen molar-refractivity contribution in [3.8, 4) is 6.07 Å². The molecule has 0 aliphatic carbocycles. The van der Waals surface area contributed by atoms with Gasteiger partial charge in [-0.3, -0.25) is 9.59 Å². The number of nitriles is 1. The normalized spacial score (nSPS) is 10.1. The molecule has 0 radical (unpaired) electrons. The number of benzene rings is 1. The summed E-state index contributed by atoms with van der Waals surface area (Å²) in [5.74, 6) is -0.196. The maximum absolute atomic E-state index is 12.2. The lowest BCUT2D eigenvalue weighted by Gasteiger charge is -2.03. The van der Waals surface area contributed by atoms with Crippen LogP contribution in [0.5, 0.6) is 0 Å². The summed E-state index contributed by atoms with van der Waals surface area (Å²) < 4.78 is 0. The van der Waals surface area contributed by atoms with Crippen LogP contribution in [0.4, 0.5) is 0 Å². The minimum Gasteiger partial charge on any atom is -0.347 e. The molecule has 1 N–H and O–H groups in total. The molecule has 0 saturated carbocycles. The molecule has 1 amide bonds. The van der Waals surface area contributed by atoms with E-state index in [1.165, 1.54) is 22.7 Å². The molecule has 0 unspecified atom stereocenters. The molecule has 6 heteroatoms. The molecule has 2 heterocycles. The number of carbonyl (C=O) groups excluding carboxylic acids is 2. The Labute approximate surface area is 147 Å². The molecule has 2 aromatic heterocycles. The highest BCUT2D eigenvalue weighted by Crippen LogP contribution is 2.22. The second-order valence-corrected chi connectivity index (χ2v) is 7.06. The zero-order valence-corrected chi connectivity index (χ0v) is 14.1. The van der Waals surface area contributed by atoms with Crippen LogP contribution < -0.4 is 5.32 Å². The van der Waals surface area contributed by atoms with E-state index in [1.54, 1.807) is 36.4 Å². The predicted molar refractivity (Wildman–Crippen MR) is 94.4 cm³/mol. The van der Waals surface area contributed by atoms with Gasteiger partial charge >= 0.3 is 0 Å². The van der Waals surface area contributed by atoms with Crippen LogP contribution >= 0.6 is 22.7 Å². The Hall–Kier alpha value is -2.75. The Morgan fingerprint density at radius 2 is 1.83 bits per heavy atom. The van der Waals surface area contributed by atoms with Gasteiger partial charge in [0.15, 0.2) is 0 Å². The molecular weight excluding hydrogens is 340 g/mol. The van der Waals surface area contributed by atoms with Gasteiger partial charge in [-0.15, -0.1) is 22.7 Å². The van der Waals surface area contributed by atoms with E-state index in [1.807, 2.05) is 23.6 Å². The molecule has 24 heavy (non-hydrogen) atoms. The van der Waals surface area contributed by atoms with Gasteiger partial charge in [-0.25, -0.2) is 0 Å². The average Bonchev–Trinajstić information content (AvgIpc) is 3.31. The van der Waals surface area contributed by atoms with Crippen LogP contribution in [0.2, 0.25) is 0 Å². The van der Waals surface area contributed by atoms with Crippen LogP contribution in [-0.2, 0) is 6.54 Å². The van der Waals surface area contributed by atoms with Crippen LogP contribution in [0, 0.1) is 11.3 Å². The number of carbonyl (C=O) groups is 2. The fourth-order valence-corrected chi connectivity index (χ4v) is 3.73. The molecule has 118 valence electrons. The molecule has 0 bridgehead atoms. The average molecular weight is 352 g/mol. The van der Waals surface area contributed by atoms with Crippen molar-refractivity contribution < 1.29 is 9.59 Å². The quantitative estimate of drug-likeness (QED) is 0.709. The Morgan fingerprint density at radius 3 is 2.50 bits per heavy atom. The molecule has 0 fully saturated rings. The number of nitrogens with zero attached hydrogens (tertiary/aromatic N) is 1. The van der Waals surface area contributed by atoms with E-state index in [-0.39, 0.29) is 11.7 Å². The molecule has 0 spiro atoms. The van der Waals surface area contributed by atoms with E-state index in [4.69, 9.17) is 5.26 Å². The maximum Gasteiger partial charge on any atom is 0.251 e. The van der Waals surface area contributed by atoms with Gasteiger partial charge < -0.3 is 5.32 Å². The van der Waals surface area contributed by atoms with Crippen LogP contribution in [0.25, 0.3) is 0 Å². The second-order valence-electron chi connectivity index (χ2n) is 4.94. The molecule has 3 aromatic rings. The molecule has 1 aromatic carbocycles. The van der Waals surface area contributed by atoms with E-state index in [9.17, 15) is 9.59 Å². The van der Waals surface area contributed by atoms with Crippen LogP contribution in [-0.4, -0.2) is 11.7 Å². The predicted octanol–water partition coefficient (Wildman–Crippen LogP) is 3.84. The lowest BCUT2D eigenvalue weighted by atomic mass is 10.1. The summed E-state index contributed by atoms with van der Waals surface area (Å²) in [6, 6.07) is 15.8. The van der Waals surface area contributed by atoms with Crippen LogP contribution in [0.1, 0.15) is 35.3 Å². The topological polar surface area (TPSA) is 70.0 Å². The summed E-state index contributed by atoms with van der Waals surface area (Å²) in [7, 11) is 0. The van der Waals surface area contributed by atoms with Gasteiger partial charge in [0.2, 0.25) is 5.78 Å². The second kappa shape index (κ2) is 7.21. The lowest BCUT2D eigenvalue weighted by Crippen LogP contribution is -2.22. The van der Waals surface area contributed by atoms with E-state index in [0.717, 1.165) is 4.88 Å². The third-order valence-electron chi connectivity index (χ3n) is 3.33. The molecule has 0 aliphatic rings.